The molecule has 3 heterocycles. The van der Waals surface area contributed by atoms with E-state index in [0.29, 0.717) is 6.54 Å². The first-order valence-corrected chi connectivity index (χ1v) is 8.59. The van der Waals surface area contributed by atoms with Gasteiger partial charge in [0.25, 0.3) is 10.2 Å². The first-order chi connectivity index (χ1) is 9.10. The van der Waals surface area contributed by atoms with Crippen LogP contribution in [-0.2, 0) is 14.9 Å². The van der Waals surface area contributed by atoms with Crippen molar-refractivity contribution in [1.82, 2.24) is 9.03 Å². The minimum absolute atomic E-state index is 0.0390. The summed E-state index contributed by atoms with van der Waals surface area (Å²) in [5.74, 6) is 0. The fraction of sp³-hybridized carbons (Fsp3) is 1.00. The Bertz CT molecular complexity index is 427. The number of hydrogen-bond acceptors (Lipinski definition) is 4. The van der Waals surface area contributed by atoms with Crippen LogP contribution in [0.25, 0.3) is 0 Å². The topological polar surface area (TPSA) is 78.9 Å². The van der Waals surface area contributed by atoms with Crippen LogP contribution in [0, 0.1) is 0 Å². The Hall–Kier alpha value is -0.210. The number of hydrogen-bond donors (Lipinski definition) is 2. The third kappa shape index (κ3) is 2.67. The van der Waals surface area contributed by atoms with E-state index in [-0.39, 0.29) is 30.9 Å². The van der Waals surface area contributed by atoms with Gasteiger partial charge in [-0.1, -0.05) is 6.42 Å². The van der Waals surface area contributed by atoms with Gasteiger partial charge in [-0.05, 0) is 32.1 Å². The van der Waals surface area contributed by atoms with Crippen LogP contribution in [0.15, 0.2) is 0 Å². The number of nitrogens with one attached hydrogen (secondary N) is 1. The molecule has 4 unspecified atom stereocenters. The summed E-state index contributed by atoms with van der Waals surface area (Å²) < 4.78 is 34.8. The number of aliphatic hydroxyl groups is 1. The van der Waals surface area contributed by atoms with Gasteiger partial charge < -0.3 is 9.84 Å². The van der Waals surface area contributed by atoms with E-state index < -0.39 is 10.2 Å². The zero-order valence-electron chi connectivity index (χ0n) is 11.0. The molecule has 0 aromatic carbocycles. The lowest BCUT2D eigenvalue weighted by atomic mass is 9.96. The Kier molecular flexibility index (Phi) is 3.83. The standard InChI is InChI=1S/C12H22N2O4S/c15-8-9-3-1-2-6-14(9)19(16,17)13-11-7-10-4-5-12(11)18-10/h9-13,15H,1-8H2. The predicted molar refractivity (Wildman–Crippen MR) is 69.8 cm³/mol. The van der Waals surface area contributed by atoms with Crippen LogP contribution in [0.2, 0.25) is 0 Å². The maximum Gasteiger partial charge on any atom is 0.280 e. The highest BCUT2D eigenvalue weighted by Crippen LogP contribution is 2.35. The van der Waals surface area contributed by atoms with Crippen molar-refractivity contribution < 1.29 is 18.3 Å². The van der Waals surface area contributed by atoms with Crippen molar-refractivity contribution in [3.8, 4) is 0 Å². The second-order valence-corrected chi connectivity index (χ2v) is 7.44. The van der Waals surface area contributed by atoms with E-state index in [9.17, 15) is 13.5 Å². The third-order valence-electron chi connectivity index (χ3n) is 4.50. The van der Waals surface area contributed by atoms with Crippen molar-refractivity contribution in [2.45, 2.75) is 62.8 Å². The smallest absolute Gasteiger partial charge is 0.280 e. The summed E-state index contributed by atoms with van der Waals surface area (Å²) in [5.41, 5.74) is 0. The first kappa shape index (κ1) is 13.8. The molecule has 3 saturated heterocycles. The SMILES string of the molecule is O=S(=O)(NC1CC2CCC1O2)N1CCCCC1CO. The molecule has 0 aliphatic carbocycles. The Labute approximate surface area is 114 Å². The number of ether oxygens (including phenoxy) is 1. The van der Waals surface area contributed by atoms with Crippen LogP contribution in [0.4, 0.5) is 0 Å². The zero-order valence-corrected chi connectivity index (χ0v) is 11.8. The quantitative estimate of drug-likeness (QED) is 0.763. The Morgan fingerprint density at radius 3 is 2.74 bits per heavy atom. The molecule has 2 N–H and O–H groups in total. The van der Waals surface area contributed by atoms with Gasteiger partial charge in [0.1, 0.15) is 0 Å². The van der Waals surface area contributed by atoms with Crippen molar-refractivity contribution in [1.29, 1.82) is 0 Å². The summed E-state index contributed by atoms with van der Waals surface area (Å²) >= 11 is 0. The molecule has 3 aliphatic rings. The molecule has 7 heteroatoms. The average Bonchev–Trinajstić information content (AvgIpc) is 3.00. The first-order valence-electron chi connectivity index (χ1n) is 7.15. The van der Waals surface area contributed by atoms with Gasteiger partial charge in [-0.3, -0.25) is 0 Å². The van der Waals surface area contributed by atoms with Gasteiger partial charge in [0.15, 0.2) is 0 Å². The Balaban J connectivity index is 1.68. The zero-order chi connectivity index (χ0) is 13.5. The van der Waals surface area contributed by atoms with Crippen LogP contribution in [0.5, 0.6) is 0 Å². The highest BCUT2D eigenvalue weighted by molar-refractivity contribution is 7.87. The lowest BCUT2D eigenvalue weighted by molar-refractivity contribution is 0.0989. The normalized spacial score (nSPS) is 39.8. The molecule has 0 spiro atoms. The maximum atomic E-state index is 12.4. The van der Waals surface area contributed by atoms with Crippen molar-refractivity contribution >= 4 is 10.2 Å². The second-order valence-electron chi connectivity index (χ2n) is 5.78. The van der Waals surface area contributed by atoms with E-state index in [1.165, 1.54) is 4.31 Å². The van der Waals surface area contributed by atoms with Crippen LogP contribution in [-0.4, -0.2) is 55.3 Å². The van der Waals surface area contributed by atoms with E-state index in [1.807, 2.05) is 0 Å². The van der Waals surface area contributed by atoms with Crippen molar-refractivity contribution in [3.63, 3.8) is 0 Å². The Morgan fingerprint density at radius 1 is 1.26 bits per heavy atom. The van der Waals surface area contributed by atoms with E-state index in [0.717, 1.165) is 38.5 Å². The van der Waals surface area contributed by atoms with Crippen molar-refractivity contribution in [3.05, 3.63) is 0 Å². The number of aliphatic hydroxyl groups excluding tert-OH is 1. The van der Waals surface area contributed by atoms with Gasteiger partial charge in [-0.2, -0.15) is 17.4 Å². The van der Waals surface area contributed by atoms with Gasteiger partial charge in [-0.25, -0.2) is 0 Å². The van der Waals surface area contributed by atoms with Crippen LogP contribution < -0.4 is 4.72 Å². The summed E-state index contributed by atoms with van der Waals surface area (Å²) in [6.07, 6.45) is 5.63. The number of rotatable bonds is 4. The fourth-order valence-electron chi connectivity index (χ4n) is 3.49. The largest absolute Gasteiger partial charge is 0.395 e. The molecule has 0 amide bonds. The lowest BCUT2D eigenvalue weighted by Gasteiger charge is -2.34. The average molecular weight is 290 g/mol. The van der Waals surface area contributed by atoms with Gasteiger partial charge >= 0.3 is 0 Å². The van der Waals surface area contributed by atoms with Crippen molar-refractivity contribution in [2.24, 2.45) is 0 Å². The van der Waals surface area contributed by atoms with E-state index in [4.69, 9.17) is 4.74 Å². The van der Waals surface area contributed by atoms with Gasteiger partial charge in [0.05, 0.1) is 24.9 Å². The molecule has 3 aliphatic heterocycles. The number of piperidine rings is 1. The van der Waals surface area contributed by atoms with Crippen LogP contribution >= 0.6 is 0 Å². The predicted octanol–water partition coefficient (Wildman–Crippen LogP) is -0.0125. The van der Waals surface area contributed by atoms with E-state index in [1.54, 1.807) is 0 Å². The summed E-state index contributed by atoms with van der Waals surface area (Å²) in [6.45, 7) is 0.399. The Morgan fingerprint density at radius 2 is 2.11 bits per heavy atom. The van der Waals surface area contributed by atoms with Gasteiger partial charge in [0, 0.05) is 12.6 Å². The molecule has 4 atom stereocenters. The second kappa shape index (κ2) is 5.29. The van der Waals surface area contributed by atoms with Crippen LogP contribution in [0.3, 0.4) is 0 Å². The number of fused-ring (bicyclic) bond motifs is 2. The molecule has 0 aromatic rings. The summed E-state index contributed by atoms with van der Waals surface area (Å²) in [5, 5.41) is 9.33. The van der Waals surface area contributed by atoms with E-state index in [2.05, 4.69) is 4.72 Å². The van der Waals surface area contributed by atoms with E-state index >= 15 is 0 Å². The molecule has 0 aromatic heterocycles. The highest BCUT2D eigenvalue weighted by Gasteiger charge is 2.44. The third-order valence-corrected chi connectivity index (χ3v) is 6.20. The number of nitrogens with zero attached hydrogens (tertiary/aromatic N) is 1. The highest BCUT2D eigenvalue weighted by atomic mass is 32.2. The summed E-state index contributed by atoms with van der Waals surface area (Å²) in [7, 11) is -3.51. The molecule has 6 nitrogen and oxygen atoms in total. The molecule has 3 fully saturated rings. The molecule has 2 bridgehead atoms. The van der Waals surface area contributed by atoms with Crippen molar-refractivity contribution in [2.75, 3.05) is 13.2 Å². The minimum atomic E-state index is -3.51. The van der Waals surface area contributed by atoms with Gasteiger partial charge in [0.2, 0.25) is 0 Å². The fourth-order valence-corrected chi connectivity index (χ4v) is 5.19. The summed E-state index contributed by atoms with van der Waals surface area (Å²) in [4.78, 5) is 0. The minimum Gasteiger partial charge on any atom is -0.395 e. The summed E-state index contributed by atoms with van der Waals surface area (Å²) in [6, 6.07) is -0.365. The molecule has 19 heavy (non-hydrogen) atoms. The maximum absolute atomic E-state index is 12.4. The molecule has 110 valence electrons. The molecular weight excluding hydrogens is 268 g/mol. The van der Waals surface area contributed by atoms with Crippen LogP contribution in [0.1, 0.15) is 38.5 Å². The molecule has 0 saturated carbocycles. The molecule has 3 rings (SSSR count). The molecular formula is C12H22N2O4S. The molecule has 0 radical (unpaired) electrons. The lowest BCUT2D eigenvalue weighted by Crippen LogP contribution is -2.54. The monoisotopic (exact) mass is 290 g/mol. The van der Waals surface area contributed by atoms with Gasteiger partial charge in [-0.15, -0.1) is 0 Å².